The molecule has 0 aromatic heterocycles. The molecule has 0 amide bonds. The molecule has 0 saturated heterocycles. The molecular weight excluding hydrogens is 260 g/mol. The quantitative estimate of drug-likeness (QED) is 0.670. The van der Waals surface area contributed by atoms with Gasteiger partial charge >= 0.3 is 0 Å². The Labute approximate surface area is 106 Å². The maximum atomic E-state index is 12.1. The van der Waals surface area contributed by atoms with Gasteiger partial charge in [0.15, 0.2) is 0 Å². The van der Waals surface area contributed by atoms with Crippen LogP contribution < -0.4 is 5.73 Å². The summed E-state index contributed by atoms with van der Waals surface area (Å²) in [7, 11) is -2.30. The zero-order valence-corrected chi connectivity index (χ0v) is 11.1. The Kier molecular flexibility index (Phi) is 4.04. The van der Waals surface area contributed by atoms with Crippen molar-refractivity contribution in [3.05, 3.63) is 22.7 Å². The second kappa shape index (κ2) is 4.96. The van der Waals surface area contributed by atoms with Crippen LogP contribution >= 0.6 is 11.6 Å². The molecule has 1 aromatic carbocycles. The summed E-state index contributed by atoms with van der Waals surface area (Å²) >= 11 is 5.92. The Hall–Kier alpha value is -1.22. The highest BCUT2D eigenvalue weighted by molar-refractivity contribution is 7.89. The maximum Gasteiger partial charge on any atom is 0.245 e. The molecule has 4 nitrogen and oxygen atoms in total. The van der Waals surface area contributed by atoms with Gasteiger partial charge in [0.25, 0.3) is 0 Å². The molecule has 92 valence electrons. The first-order chi connectivity index (χ1) is 7.80. The molecule has 0 unspecified atom stereocenters. The average Bonchev–Trinajstić information content (AvgIpc) is 2.23. The minimum atomic E-state index is -3.69. The SMILES string of the molecule is C#CCN(C)S(=O)(=O)c1cc(N)c(C)cc1Cl. The first kappa shape index (κ1) is 13.8. The van der Waals surface area contributed by atoms with Gasteiger partial charge in [-0.1, -0.05) is 17.5 Å². The third-order valence-electron chi connectivity index (χ3n) is 2.32. The molecule has 0 atom stereocenters. The smallest absolute Gasteiger partial charge is 0.245 e. The van der Waals surface area contributed by atoms with Crippen molar-refractivity contribution in [3.8, 4) is 12.3 Å². The number of nitrogens with two attached hydrogens (primary N) is 1. The largest absolute Gasteiger partial charge is 0.398 e. The summed E-state index contributed by atoms with van der Waals surface area (Å²) in [5.41, 5.74) is 6.79. The van der Waals surface area contributed by atoms with E-state index in [-0.39, 0.29) is 16.5 Å². The number of nitrogens with zero attached hydrogens (tertiary/aromatic N) is 1. The van der Waals surface area contributed by atoms with Gasteiger partial charge < -0.3 is 5.73 Å². The Morgan fingerprint density at radius 3 is 2.65 bits per heavy atom. The molecule has 17 heavy (non-hydrogen) atoms. The molecule has 0 spiro atoms. The lowest BCUT2D eigenvalue weighted by Gasteiger charge is -2.16. The maximum absolute atomic E-state index is 12.1. The predicted octanol–water partition coefficient (Wildman–Crippen LogP) is 1.48. The van der Waals surface area contributed by atoms with E-state index in [0.717, 1.165) is 9.87 Å². The van der Waals surface area contributed by atoms with E-state index in [2.05, 4.69) is 5.92 Å². The van der Waals surface area contributed by atoms with E-state index in [4.69, 9.17) is 23.8 Å². The van der Waals surface area contributed by atoms with E-state index in [0.29, 0.717) is 5.69 Å². The molecule has 0 radical (unpaired) electrons. The van der Waals surface area contributed by atoms with Gasteiger partial charge in [-0.15, -0.1) is 6.42 Å². The summed E-state index contributed by atoms with van der Waals surface area (Å²) in [6.45, 7) is 1.73. The lowest BCUT2D eigenvalue weighted by atomic mass is 10.2. The van der Waals surface area contributed by atoms with Crippen molar-refractivity contribution in [3.63, 3.8) is 0 Å². The van der Waals surface area contributed by atoms with Crippen molar-refractivity contribution in [2.24, 2.45) is 0 Å². The van der Waals surface area contributed by atoms with Gasteiger partial charge in [-0.3, -0.25) is 0 Å². The van der Waals surface area contributed by atoms with Gasteiger partial charge in [0.2, 0.25) is 10.0 Å². The molecule has 0 fully saturated rings. The van der Waals surface area contributed by atoms with Crippen molar-refractivity contribution in [2.75, 3.05) is 19.3 Å². The van der Waals surface area contributed by atoms with Crippen LogP contribution in [0.2, 0.25) is 5.02 Å². The Balaban J connectivity index is 3.35. The lowest BCUT2D eigenvalue weighted by Crippen LogP contribution is -2.27. The number of nitrogen functional groups attached to an aromatic ring is 1. The molecule has 2 N–H and O–H groups in total. The van der Waals surface area contributed by atoms with Crippen molar-refractivity contribution in [1.29, 1.82) is 0 Å². The number of rotatable bonds is 3. The van der Waals surface area contributed by atoms with E-state index in [1.807, 2.05) is 0 Å². The number of sulfonamides is 1. The highest BCUT2D eigenvalue weighted by atomic mass is 35.5. The van der Waals surface area contributed by atoms with Gasteiger partial charge in [0.1, 0.15) is 4.90 Å². The van der Waals surface area contributed by atoms with Gasteiger partial charge in [-0.25, -0.2) is 8.42 Å². The summed E-state index contributed by atoms with van der Waals surface area (Å²) in [5, 5.41) is 0.139. The molecule has 0 heterocycles. The third kappa shape index (κ3) is 2.72. The number of aryl methyl sites for hydroxylation is 1. The monoisotopic (exact) mass is 272 g/mol. The average molecular weight is 273 g/mol. The van der Waals surface area contributed by atoms with Crippen molar-refractivity contribution in [1.82, 2.24) is 4.31 Å². The number of anilines is 1. The standard InChI is InChI=1S/C11H13ClN2O2S/c1-4-5-14(3)17(15,16)11-7-10(13)8(2)6-9(11)12/h1,6-7H,5,13H2,2-3H3. The summed E-state index contributed by atoms with van der Waals surface area (Å²) in [6, 6.07) is 2.87. The number of hydrogen-bond acceptors (Lipinski definition) is 3. The van der Waals surface area contributed by atoms with Crippen LogP contribution in [0.1, 0.15) is 5.56 Å². The fourth-order valence-electron chi connectivity index (χ4n) is 1.25. The van der Waals surface area contributed by atoms with Crippen molar-refractivity contribution < 1.29 is 8.42 Å². The summed E-state index contributed by atoms with van der Waals surface area (Å²) < 4.78 is 25.2. The minimum absolute atomic E-state index is 0.0214. The van der Waals surface area contributed by atoms with Crippen LogP contribution in [0.3, 0.4) is 0 Å². The molecule has 6 heteroatoms. The molecule has 1 rings (SSSR count). The summed E-state index contributed by atoms with van der Waals surface area (Å²) in [5.74, 6) is 2.26. The van der Waals surface area contributed by atoms with Gasteiger partial charge in [0, 0.05) is 12.7 Å². The highest BCUT2D eigenvalue weighted by Gasteiger charge is 2.23. The Bertz CT molecular complexity index is 576. The third-order valence-corrected chi connectivity index (χ3v) is 4.59. The number of benzene rings is 1. The topological polar surface area (TPSA) is 63.4 Å². The number of terminal acetylenes is 1. The van der Waals surface area contributed by atoms with Crippen molar-refractivity contribution >= 4 is 27.3 Å². The second-order valence-corrected chi connectivity index (χ2v) is 6.02. The fraction of sp³-hybridized carbons (Fsp3) is 0.273. The van der Waals surface area contributed by atoms with Gasteiger partial charge in [0.05, 0.1) is 11.6 Å². The molecule has 0 bridgehead atoms. The zero-order valence-electron chi connectivity index (χ0n) is 9.57. The Morgan fingerprint density at radius 1 is 1.53 bits per heavy atom. The van der Waals surface area contributed by atoms with Crippen LogP contribution in [0.25, 0.3) is 0 Å². The van der Waals surface area contributed by atoms with Crippen molar-refractivity contribution in [2.45, 2.75) is 11.8 Å². The summed E-state index contributed by atoms with van der Waals surface area (Å²) in [4.78, 5) is -0.0278. The van der Waals surface area contributed by atoms with Crippen LogP contribution in [0.4, 0.5) is 5.69 Å². The van der Waals surface area contributed by atoms with E-state index >= 15 is 0 Å². The molecular formula is C11H13ClN2O2S. The van der Waals surface area contributed by atoms with Crippen LogP contribution in [0, 0.1) is 19.3 Å². The van der Waals surface area contributed by atoms with Gasteiger partial charge in [-0.05, 0) is 24.6 Å². The summed E-state index contributed by atoms with van der Waals surface area (Å²) in [6.07, 6.45) is 5.08. The van der Waals surface area contributed by atoms with Crippen LogP contribution in [-0.2, 0) is 10.0 Å². The van der Waals surface area contributed by atoms with Gasteiger partial charge in [-0.2, -0.15) is 4.31 Å². The minimum Gasteiger partial charge on any atom is -0.398 e. The molecule has 0 saturated carbocycles. The molecule has 0 aliphatic heterocycles. The fourth-order valence-corrected chi connectivity index (χ4v) is 2.92. The zero-order chi connectivity index (χ0) is 13.2. The normalized spacial score (nSPS) is 11.5. The van der Waals surface area contributed by atoms with E-state index in [9.17, 15) is 8.42 Å². The van der Waals surface area contributed by atoms with Crippen LogP contribution in [0.15, 0.2) is 17.0 Å². The van der Waals surface area contributed by atoms with E-state index in [1.54, 1.807) is 6.92 Å². The van der Waals surface area contributed by atoms with E-state index in [1.165, 1.54) is 19.2 Å². The predicted molar refractivity (Wildman–Crippen MR) is 69.3 cm³/mol. The van der Waals surface area contributed by atoms with Crippen LogP contribution in [0.5, 0.6) is 0 Å². The first-order valence-corrected chi connectivity index (χ1v) is 6.58. The first-order valence-electron chi connectivity index (χ1n) is 4.76. The number of halogens is 1. The Morgan fingerprint density at radius 2 is 2.12 bits per heavy atom. The molecule has 0 aliphatic carbocycles. The van der Waals surface area contributed by atoms with E-state index < -0.39 is 10.0 Å². The van der Waals surface area contributed by atoms with Crippen LogP contribution in [-0.4, -0.2) is 26.3 Å². The second-order valence-electron chi connectivity index (χ2n) is 3.60. The lowest BCUT2D eigenvalue weighted by molar-refractivity contribution is 0.503. The molecule has 0 aliphatic rings. The number of hydrogen-bond donors (Lipinski definition) is 1. The highest BCUT2D eigenvalue weighted by Crippen LogP contribution is 2.28. The molecule has 1 aromatic rings.